The van der Waals surface area contributed by atoms with Crippen LogP contribution in [-0.4, -0.2) is 35.2 Å². The third-order valence-corrected chi connectivity index (χ3v) is 4.12. The quantitative estimate of drug-likeness (QED) is 0.812. The number of aliphatic hydroxyl groups is 1. The topological polar surface area (TPSA) is 49.3 Å². The van der Waals surface area contributed by atoms with E-state index in [1.165, 1.54) is 5.56 Å². The summed E-state index contributed by atoms with van der Waals surface area (Å²) in [5.41, 5.74) is 1.53. The molecule has 0 aliphatic carbocycles. The minimum Gasteiger partial charge on any atom is -0.387 e. The Morgan fingerprint density at radius 2 is 2.00 bits per heavy atom. The fourth-order valence-corrected chi connectivity index (χ4v) is 2.71. The molecule has 0 fully saturated rings. The summed E-state index contributed by atoms with van der Waals surface area (Å²) in [5.74, 6) is 0.509. The highest BCUT2D eigenvalue weighted by atomic mass is 32.2. The molecular formula is C16H25NO2S. The second-order valence-electron chi connectivity index (χ2n) is 5.74. The van der Waals surface area contributed by atoms with Gasteiger partial charge in [0.05, 0.1) is 5.60 Å². The Kier molecular flexibility index (Phi) is 6.56. The lowest BCUT2D eigenvalue weighted by Crippen LogP contribution is -2.44. The van der Waals surface area contributed by atoms with Gasteiger partial charge in [-0.05, 0) is 32.1 Å². The zero-order valence-electron chi connectivity index (χ0n) is 12.8. The first-order valence-corrected chi connectivity index (χ1v) is 8.28. The second kappa shape index (κ2) is 7.70. The maximum absolute atomic E-state index is 12.0. The van der Waals surface area contributed by atoms with Crippen molar-refractivity contribution < 1.29 is 9.90 Å². The van der Waals surface area contributed by atoms with Gasteiger partial charge in [-0.2, -0.15) is 11.8 Å². The smallest absolute Gasteiger partial charge is 0.223 e. The van der Waals surface area contributed by atoms with E-state index in [9.17, 15) is 9.90 Å². The zero-order valence-corrected chi connectivity index (χ0v) is 13.6. The molecule has 1 aromatic carbocycles. The summed E-state index contributed by atoms with van der Waals surface area (Å²) in [6, 6.07) is 8.23. The number of rotatable bonds is 7. The first-order valence-electron chi connectivity index (χ1n) is 6.88. The van der Waals surface area contributed by atoms with Gasteiger partial charge in [-0.3, -0.25) is 4.79 Å². The third-order valence-electron chi connectivity index (χ3n) is 3.21. The number of nitrogens with one attached hydrogen (secondary N) is 1. The van der Waals surface area contributed by atoms with Crippen LogP contribution in [0.5, 0.6) is 0 Å². The van der Waals surface area contributed by atoms with Crippen LogP contribution in [0.4, 0.5) is 0 Å². The molecule has 2 unspecified atom stereocenters. The lowest BCUT2D eigenvalue weighted by Gasteiger charge is -2.23. The Labute approximate surface area is 126 Å². The average Bonchev–Trinajstić information content (AvgIpc) is 2.38. The van der Waals surface area contributed by atoms with Gasteiger partial charge in [-0.1, -0.05) is 36.8 Å². The van der Waals surface area contributed by atoms with E-state index < -0.39 is 5.60 Å². The molecule has 0 saturated heterocycles. The van der Waals surface area contributed by atoms with E-state index in [-0.39, 0.29) is 11.8 Å². The van der Waals surface area contributed by atoms with Crippen molar-refractivity contribution in [2.45, 2.75) is 32.8 Å². The van der Waals surface area contributed by atoms with E-state index in [4.69, 9.17) is 0 Å². The molecule has 3 nitrogen and oxygen atoms in total. The van der Waals surface area contributed by atoms with Crippen LogP contribution in [0, 0.1) is 12.8 Å². The first-order chi connectivity index (χ1) is 9.34. The first kappa shape index (κ1) is 17.1. The molecule has 2 N–H and O–H groups in total. The largest absolute Gasteiger partial charge is 0.387 e. The molecule has 0 bridgehead atoms. The molecule has 0 aromatic heterocycles. The predicted molar refractivity (Wildman–Crippen MR) is 86.1 cm³/mol. The molecule has 1 aromatic rings. The molecule has 1 amide bonds. The summed E-state index contributed by atoms with van der Waals surface area (Å²) in [4.78, 5) is 12.0. The third kappa shape index (κ3) is 5.97. The van der Waals surface area contributed by atoms with Crippen LogP contribution in [0.25, 0.3) is 0 Å². The van der Waals surface area contributed by atoms with E-state index in [1.807, 2.05) is 20.1 Å². The standard InChI is InChI=1S/C16H25NO2S/c1-12-5-7-14(8-6-12)9-13(2)15(18)17-10-16(3,19)11-20-4/h5-8,13,19H,9-11H2,1-4H3,(H,17,18). The Hall–Kier alpha value is -1.00. The molecule has 0 heterocycles. The van der Waals surface area contributed by atoms with Crippen LogP contribution in [0.1, 0.15) is 25.0 Å². The Bertz CT molecular complexity index is 429. The van der Waals surface area contributed by atoms with E-state index in [1.54, 1.807) is 18.7 Å². The lowest BCUT2D eigenvalue weighted by atomic mass is 9.99. The number of thioether (sulfide) groups is 1. The molecule has 0 radical (unpaired) electrons. The fourth-order valence-electron chi connectivity index (χ4n) is 1.98. The van der Waals surface area contributed by atoms with Crippen molar-refractivity contribution in [3.63, 3.8) is 0 Å². The maximum Gasteiger partial charge on any atom is 0.223 e. The zero-order chi connectivity index (χ0) is 15.2. The van der Waals surface area contributed by atoms with Crippen LogP contribution < -0.4 is 5.32 Å². The van der Waals surface area contributed by atoms with Crippen molar-refractivity contribution in [1.29, 1.82) is 0 Å². The van der Waals surface area contributed by atoms with Gasteiger partial charge in [0.1, 0.15) is 0 Å². The van der Waals surface area contributed by atoms with E-state index in [2.05, 4.69) is 29.6 Å². The van der Waals surface area contributed by atoms with Crippen molar-refractivity contribution in [1.82, 2.24) is 5.32 Å². The SMILES string of the molecule is CSCC(C)(O)CNC(=O)C(C)Cc1ccc(C)cc1. The van der Waals surface area contributed by atoms with Gasteiger partial charge in [-0.25, -0.2) is 0 Å². The van der Waals surface area contributed by atoms with Gasteiger partial charge in [-0.15, -0.1) is 0 Å². The number of hydrogen-bond acceptors (Lipinski definition) is 3. The highest BCUT2D eigenvalue weighted by molar-refractivity contribution is 7.98. The van der Waals surface area contributed by atoms with Gasteiger partial charge in [0, 0.05) is 18.2 Å². The molecule has 1 rings (SSSR count). The number of aryl methyl sites for hydroxylation is 1. The molecule has 112 valence electrons. The van der Waals surface area contributed by atoms with Gasteiger partial charge in [0.2, 0.25) is 5.91 Å². The van der Waals surface area contributed by atoms with Crippen molar-refractivity contribution in [2.24, 2.45) is 5.92 Å². The number of hydrogen-bond donors (Lipinski definition) is 2. The summed E-state index contributed by atoms with van der Waals surface area (Å²) in [5, 5.41) is 12.9. The fraction of sp³-hybridized carbons (Fsp3) is 0.562. The summed E-state index contributed by atoms with van der Waals surface area (Å²) in [6.45, 7) is 6.01. The van der Waals surface area contributed by atoms with Crippen LogP contribution in [0.2, 0.25) is 0 Å². The second-order valence-corrected chi connectivity index (χ2v) is 6.60. The molecule has 0 saturated carbocycles. The van der Waals surface area contributed by atoms with Crippen molar-refractivity contribution in [2.75, 3.05) is 18.6 Å². The van der Waals surface area contributed by atoms with Gasteiger partial charge in [0.15, 0.2) is 0 Å². The molecule has 0 spiro atoms. The predicted octanol–water partition coefficient (Wildman–Crippen LogP) is 2.40. The molecule has 2 atom stereocenters. The molecular weight excluding hydrogens is 270 g/mol. The highest BCUT2D eigenvalue weighted by Gasteiger charge is 2.22. The number of amides is 1. The lowest BCUT2D eigenvalue weighted by molar-refractivity contribution is -0.125. The molecule has 0 aliphatic rings. The van der Waals surface area contributed by atoms with Crippen LogP contribution in [0.15, 0.2) is 24.3 Å². The Morgan fingerprint density at radius 3 is 2.55 bits per heavy atom. The summed E-state index contributed by atoms with van der Waals surface area (Å²) in [7, 11) is 0. The summed E-state index contributed by atoms with van der Waals surface area (Å²) in [6.07, 6.45) is 2.66. The average molecular weight is 295 g/mol. The van der Waals surface area contributed by atoms with Crippen molar-refractivity contribution in [3.8, 4) is 0 Å². The minimum absolute atomic E-state index is 0.00745. The van der Waals surface area contributed by atoms with Crippen LogP contribution >= 0.6 is 11.8 Å². The molecule has 0 aliphatic heterocycles. The van der Waals surface area contributed by atoms with Crippen LogP contribution in [0.3, 0.4) is 0 Å². The summed E-state index contributed by atoms with van der Waals surface area (Å²) >= 11 is 1.57. The monoisotopic (exact) mass is 295 g/mol. The normalized spacial score (nSPS) is 15.4. The van der Waals surface area contributed by atoms with Crippen molar-refractivity contribution in [3.05, 3.63) is 35.4 Å². The highest BCUT2D eigenvalue weighted by Crippen LogP contribution is 2.12. The number of benzene rings is 1. The van der Waals surface area contributed by atoms with E-state index >= 15 is 0 Å². The molecule has 20 heavy (non-hydrogen) atoms. The molecule has 4 heteroatoms. The van der Waals surface area contributed by atoms with Gasteiger partial charge in [0.25, 0.3) is 0 Å². The number of carbonyl (C=O) groups is 1. The van der Waals surface area contributed by atoms with E-state index in [0.29, 0.717) is 12.3 Å². The Balaban J connectivity index is 2.45. The number of carbonyl (C=O) groups excluding carboxylic acids is 1. The van der Waals surface area contributed by atoms with Crippen LogP contribution in [-0.2, 0) is 11.2 Å². The maximum atomic E-state index is 12.0. The van der Waals surface area contributed by atoms with Crippen molar-refractivity contribution >= 4 is 17.7 Å². The Morgan fingerprint density at radius 1 is 1.40 bits per heavy atom. The van der Waals surface area contributed by atoms with Gasteiger partial charge >= 0.3 is 0 Å². The minimum atomic E-state index is -0.849. The van der Waals surface area contributed by atoms with Gasteiger partial charge < -0.3 is 10.4 Å². The van der Waals surface area contributed by atoms with E-state index in [0.717, 1.165) is 12.0 Å². The summed E-state index contributed by atoms with van der Waals surface area (Å²) < 4.78 is 0.